The van der Waals surface area contributed by atoms with Gasteiger partial charge < -0.3 is 9.64 Å². The number of carbonyl (C=O) groups is 1. The van der Waals surface area contributed by atoms with Crippen LogP contribution in [0.5, 0.6) is 0 Å². The standard InChI is InChI=1S/C12H14ClF2NO4S/c1-3-20-5-4-16(2)12(17)9-6-8(14)7-10(11(9)15)21(13,18)19/h6-7H,3-5H2,1-2H3. The second kappa shape index (κ2) is 7.15. The summed E-state index contributed by atoms with van der Waals surface area (Å²) in [6, 6.07) is 1.05. The molecule has 1 amide bonds. The summed E-state index contributed by atoms with van der Waals surface area (Å²) in [5.41, 5.74) is -0.701. The maximum Gasteiger partial charge on any atom is 0.264 e. The van der Waals surface area contributed by atoms with Crippen molar-refractivity contribution in [3.8, 4) is 0 Å². The number of hydrogen-bond donors (Lipinski definition) is 0. The number of carbonyl (C=O) groups excluding carboxylic acids is 1. The molecule has 9 heteroatoms. The predicted octanol–water partition coefficient (Wildman–Crippen LogP) is 2.00. The van der Waals surface area contributed by atoms with Gasteiger partial charge in [0.2, 0.25) is 0 Å². The molecule has 0 aromatic heterocycles. The largest absolute Gasteiger partial charge is 0.380 e. The molecule has 0 aliphatic carbocycles. The van der Waals surface area contributed by atoms with Gasteiger partial charge in [-0.05, 0) is 19.1 Å². The zero-order chi connectivity index (χ0) is 16.2. The van der Waals surface area contributed by atoms with Crippen molar-refractivity contribution in [3.63, 3.8) is 0 Å². The molecule has 0 saturated carbocycles. The number of halogens is 3. The van der Waals surface area contributed by atoms with Crippen LogP contribution in [-0.4, -0.2) is 46.0 Å². The zero-order valence-corrected chi connectivity index (χ0v) is 13.0. The Morgan fingerprint density at radius 1 is 1.38 bits per heavy atom. The predicted molar refractivity (Wildman–Crippen MR) is 72.9 cm³/mol. The lowest BCUT2D eigenvalue weighted by atomic mass is 10.2. The molecule has 118 valence electrons. The monoisotopic (exact) mass is 341 g/mol. The van der Waals surface area contributed by atoms with E-state index in [2.05, 4.69) is 0 Å². The molecule has 0 saturated heterocycles. The maximum atomic E-state index is 14.0. The SMILES string of the molecule is CCOCCN(C)C(=O)c1cc(F)cc(S(=O)(=O)Cl)c1F. The van der Waals surface area contributed by atoms with Crippen molar-refractivity contribution in [2.45, 2.75) is 11.8 Å². The quantitative estimate of drug-likeness (QED) is 0.586. The number of amides is 1. The molecule has 0 aliphatic rings. The Morgan fingerprint density at radius 2 is 2.00 bits per heavy atom. The van der Waals surface area contributed by atoms with Crippen LogP contribution in [0.25, 0.3) is 0 Å². The molecule has 21 heavy (non-hydrogen) atoms. The lowest BCUT2D eigenvalue weighted by molar-refractivity contribution is 0.0704. The smallest absolute Gasteiger partial charge is 0.264 e. The van der Waals surface area contributed by atoms with Crippen molar-refractivity contribution in [3.05, 3.63) is 29.3 Å². The van der Waals surface area contributed by atoms with E-state index >= 15 is 0 Å². The van der Waals surface area contributed by atoms with Crippen LogP contribution in [-0.2, 0) is 13.8 Å². The van der Waals surface area contributed by atoms with E-state index in [1.807, 2.05) is 0 Å². The van der Waals surface area contributed by atoms with Crippen LogP contribution in [0.2, 0.25) is 0 Å². The third-order valence-corrected chi connectivity index (χ3v) is 3.94. The average molecular weight is 342 g/mol. The van der Waals surface area contributed by atoms with Gasteiger partial charge in [0.25, 0.3) is 15.0 Å². The molecular formula is C12H14ClF2NO4S. The number of ether oxygens (including phenoxy) is 1. The third kappa shape index (κ3) is 4.62. The maximum absolute atomic E-state index is 14.0. The van der Waals surface area contributed by atoms with E-state index in [4.69, 9.17) is 15.4 Å². The summed E-state index contributed by atoms with van der Waals surface area (Å²) < 4.78 is 54.8. The van der Waals surface area contributed by atoms with Crippen LogP contribution in [0.1, 0.15) is 17.3 Å². The molecule has 0 fully saturated rings. The first-order valence-corrected chi connectivity index (χ1v) is 8.26. The van der Waals surface area contributed by atoms with Gasteiger partial charge in [-0.25, -0.2) is 17.2 Å². The summed E-state index contributed by atoms with van der Waals surface area (Å²) in [6.07, 6.45) is 0. The van der Waals surface area contributed by atoms with E-state index in [9.17, 15) is 22.0 Å². The average Bonchev–Trinajstić information content (AvgIpc) is 2.39. The van der Waals surface area contributed by atoms with Crippen LogP contribution in [0.4, 0.5) is 8.78 Å². The van der Waals surface area contributed by atoms with Crippen LogP contribution in [0.3, 0.4) is 0 Å². The Kier molecular flexibility index (Phi) is 6.06. The summed E-state index contributed by atoms with van der Waals surface area (Å²) >= 11 is 0. The van der Waals surface area contributed by atoms with Gasteiger partial charge in [0.1, 0.15) is 10.7 Å². The van der Waals surface area contributed by atoms with E-state index in [1.54, 1.807) is 6.92 Å². The van der Waals surface area contributed by atoms with Gasteiger partial charge in [-0.1, -0.05) is 0 Å². The van der Waals surface area contributed by atoms with Crippen LogP contribution in [0, 0.1) is 11.6 Å². The van der Waals surface area contributed by atoms with Gasteiger partial charge >= 0.3 is 0 Å². The molecular weight excluding hydrogens is 328 g/mol. The Balaban J connectivity index is 3.13. The fraction of sp³-hybridized carbons (Fsp3) is 0.417. The summed E-state index contributed by atoms with van der Waals surface area (Å²) in [6.45, 7) is 2.58. The normalized spacial score (nSPS) is 11.5. The van der Waals surface area contributed by atoms with Crippen molar-refractivity contribution in [1.82, 2.24) is 4.90 Å². The Bertz CT molecular complexity index is 636. The highest BCUT2D eigenvalue weighted by molar-refractivity contribution is 8.13. The lowest BCUT2D eigenvalue weighted by Gasteiger charge is -2.18. The van der Waals surface area contributed by atoms with Crippen molar-refractivity contribution in [1.29, 1.82) is 0 Å². The van der Waals surface area contributed by atoms with Crippen molar-refractivity contribution in [2.24, 2.45) is 0 Å². The van der Waals surface area contributed by atoms with E-state index in [-0.39, 0.29) is 13.2 Å². The molecule has 0 aliphatic heterocycles. The number of likely N-dealkylation sites (N-methyl/N-ethyl adjacent to an activating group) is 1. The summed E-state index contributed by atoms with van der Waals surface area (Å²) in [5, 5.41) is 0. The van der Waals surface area contributed by atoms with Crippen molar-refractivity contribution >= 4 is 25.6 Å². The summed E-state index contributed by atoms with van der Waals surface area (Å²) in [4.78, 5) is 12.0. The van der Waals surface area contributed by atoms with Gasteiger partial charge in [0.15, 0.2) is 5.82 Å². The number of benzene rings is 1. The highest BCUT2D eigenvalue weighted by Crippen LogP contribution is 2.24. The second-order valence-electron chi connectivity index (χ2n) is 4.13. The highest BCUT2D eigenvalue weighted by Gasteiger charge is 2.25. The van der Waals surface area contributed by atoms with E-state index < -0.39 is 37.1 Å². The minimum absolute atomic E-state index is 0.144. The first-order valence-electron chi connectivity index (χ1n) is 5.95. The van der Waals surface area contributed by atoms with Gasteiger partial charge in [0, 0.05) is 30.9 Å². The number of nitrogens with zero attached hydrogens (tertiary/aromatic N) is 1. The summed E-state index contributed by atoms with van der Waals surface area (Å²) in [7, 11) is 1.88. The minimum atomic E-state index is -4.50. The molecule has 0 N–H and O–H groups in total. The van der Waals surface area contributed by atoms with Crippen LogP contribution in [0.15, 0.2) is 17.0 Å². The minimum Gasteiger partial charge on any atom is -0.380 e. The first kappa shape index (κ1) is 17.8. The summed E-state index contributed by atoms with van der Waals surface area (Å²) in [5.74, 6) is -3.31. The Morgan fingerprint density at radius 3 is 2.52 bits per heavy atom. The number of hydrogen-bond acceptors (Lipinski definition) is 4. The molecule has 1 aromatic carbocycles. The molecule has 1 rings (SSSR count). The van der Waals surface area contributed by atoms with Gasteiger partial charge in [-0.2, -0.15) is 0 Å². The molecule has 1 aromatic rings. The molecule has 0 atom stereocenters. The van der Waals surface area contributed by atoms with E-state index in [1.165, 1.54) is 7.05 Å². The Hall–Kier alpha value is -1.25. The van der Waals surface area contributed by atoms with Gasteiger partial charge in [-0.3, -0.25) is 4.79 Å². The van der Waals surface area contributed by atoms with Gasteiger partial charge in [0.05, 0.1) is 12.2 Å². The molecule has 0 unspecified atom stereocenters. The fourth-order valence-electron chi connectivity index (χ4n) is 1.55. The van der Waals surface area contributed by atoms with E-state index in [0.717, 1.165) is 4.90 Å². The molecule has 0 spiro atoms. The van der Waals surface area contributed by atoms with Crippen molar-refractivity contribution < 1.29 is 26.7 Å². The third-order valence-electron chi connectivity index (χ3n) is 2.62. The van der Waals surface area contributed by atoms with Crippen molar-refractivity contribution in [2.75, 3.05) is 26.8 Å². The molecule has 5 nitrogen and oxygen atoms in total. The molecule has 0 bridgehead atoms. The molecule has 0 heterocycles. The Labute approximate surface area is 125 Å². The highest BCUT2D eigenvalue weighted by atomic mass is 35.7. The number of rotatable bonds is 6. The second-order valence-corrected chi connectivity index (χ2v) is 6.66. The lowest BCUT2D eigenvalue weighted by Crippen LogP contribution is -2.31. The topological polar surface area (TPSA) is 63.7 Å². The zero-order valence-electron chi connectivity index (χ0n) is 11.4. The molecule has 0 radical (unpaired) electrons. The van der Waals surface area contributed by atoms with E-state index in [0.29, 0.717) is 18.7 Å². The first-order chi connectivity index (χ1) is 9.68. The fourth-order valence-corrected chi connectivity index (χ4v) is 2.46. The van der Waals surface area contributed by atoms with Gasteiger partial charge in [-0.15, -0.1) is 0 Å². The van der Waals surface area contributed by atoms with Crippen LogP contribution >= 0.6 is 10.7 Å². The van der Waals surface area contributed by atoms with Crippen LogP contribution < -0.4 is 0 Å².